The maximum atomic E-state index is 11.0. The monoisotopic (exact) mass is 248 g/mol. The number of amides is 2. The highest BCUT2D eigenvalue weighted by Gasteiger charge is 2.18. The Bertz CT molecular complexity index is 309. The summed E-state index contributed by atoms with van der Waals surface area (Å²) in [5.74, 6) is -2.14. The maximum Gasteiger partial charge on any atom is 0.407 e. The summed E-state index contributed by atoms with van der Waals surface area (Å²) in [5, 5.41) is 16.9. The van der Waals surface area contributed by atoms with Crippen molar-refractivity contribution in [2.45, 2.75) is 0 Å². The summed E-state index contributed by atoms with van der Waals surface area (Å²) < 4.78 is 4.20. The fourth-order valence-electron chi connectivity index (χ4n) is 0.714. The van der Waals surface area contributed by atoms with Gasteiger partial charge in [-0.1, -0.05) is 0 Å². The number of hydrogen-bond acceptors (Lipinski definition) is 5. The highest BCUT2D eigenvalue weighted by Crippen LogP contribution is 1.91. The van der Waals surface area contributed by atoms with E-state index in [4.69, 9.17) is 10.2 Å². The number of carboxylic acid groups (broad SMARTS) is 2. The summed E-state index contributed by atoms with van der Waals surface area (Å²) in [6.07, 6.45) is -2.70. The quantitative estimate of drug-likeness (QED) is 0.496. The number of esters is 2. The van der Waals surface area contributed by atoms with Gasteiger partial charge in [-0.3, -0.25) is 0 Å². The molecule has 0 aliphatic heterocycles. The largest absolute Gasteiger partial charge is 0.465 e. The number of nitrogens with zero attached hydrogens (tertiary/aromatic N) is 2. The molecule has 0 radical (unpaired) electrons. The summed E-state index contributed by atoms with van der Waals surface area (Å²) >= 11 is 0. The molecule has 0 aromatic carbocycles. The predicted molar refractivity (Wildman–Crippen MR) is 52.4 cm³/mol. The molecular formula is C8H12N2O7. The Labute approximate surface area is 96.2 Å². The van der Waals surface area contributed by atoms with Crippen LogP contribution in [0, 0.1) is 0 Å². The third-order valence-corrected chi connectivity index (χ3v) is 1.61. The van der Waals surface area contributed by atoms with Crippen molar-refractivity contribution < 1.29 is 34.1 Å². The van der Waals surface area contributed by atoms with Gasteiger partial charge in [0.05, 0.1) is 0 Å². The number of hydrogen-bond donors (Lipinski definition) is 2. The van der Waals surface area contributed by atoms with E-state index in [1.807, 2.05) is 0 Å². The van der Waals surface area contributed by atoms with Crippen LogP contribution in [0.1, 0.15) is 0 Å². The Morgan fingerprint density at radius 2 is 1.18 bits per heavy atom. The third kappa shape index (κ3) is 5.97. The fourth-order valence-corrected chi connectivity index (χ4v) is 0.714. The molecule has 0 aromatic heterocycles. The Hall–Kier alpha value is -2.32. The van der Waals surface area contributed by atoms with E-state index in [0.29, 0.717) is 9.80 Å². The molecular weight excluding hydrogens is 236 g/mol. The number of likely N-dealkylation sites (N-methyl/N-ethyl adjacent to an activating group) is 2. The lowest BCUT2D eigenvalue weighted by Crippen LogP contribution is -2.36. The highest BCUT2D eigenvalue weighted by molar-refractivity contribution is 5.89. The maximum absolute atomic E-state index is 11.0. The van der Waals surface area contributed by atoms with Gasteiger partial charge >= 0.3 is 24.1 Å². The average molecular weight is 248 g/mol. The van der Waals surface area contributed by atoms with Crippen molar-refractivity contribution in [2.75, 3.05) is 27.2 Å². The normalized spacial score (nSPS) is 9.29. The van der Waals surface area contributed by atoms with Crippen molar-refractivity contribution in [1.29, 1.82) is 0 Å². The lowest BCUT2D eigenvalue weighted by molar-refractivity contribution is -0.160. The number of carbonyl (C=O) groups excluding carboxylic acids is 2. The van der Waals surface area contributed by atoms with Crippen molar-refractivity contribution in [3.63, 3.8) is 0 Å². The van der Waals surface area contributed by atoms with Gasteiger partial charge < -0.3 is 24.7 Å². The first-order chi connectivity index (χ1) is 7.73. The highest BCUT2D eigenvalue weighted by atomic mass is 16.6. The van der Waals surface area contributed by atoms with E-state index in [0.717, 1.165) is 14.1 Å². The standard InChI is InChI=1S/C8H12N2O7/c1-9(7(13)14)3-5(11)17-6(12)4-10(2)8(15)16/h3-4H2,1-2H3,(H,13,14)(H,15,16). The van der Waals surface area contributed by atoms with E-state index in [9.17, 15) is 19.2 Å². The van der Waals surface area contributed by atoms with Crippen LogP contribution in [-0.4, -0.2) is 71.3 Å². The number of carbonyl (C=O) groups is 4. The van der Waals surface area contributed by atoms with Gasteiger partial charge in [-0.05, 0) is 0 Å². The molecule has 9 nitrogen and oxygen atoms in total. The van der Waals surface area contributed by atoms with Gasteiger partial charge in [-0.15, -0.1) is 0 Å². The van der Waals surface area contributed by atoms with Crippen LogP contribution in [-0.2, 0) is 14.3 Å². The van der Waals surface area contributed by atoms with E-state index in [-0.39, 0.29) is 0 Å². The van der Waals surface area contributed by atoms with E-state index in [2.05, 4.69) is 4.74 Å². The summed E-state index contributed by atoms with van der Waals surface area (Å²) in [5.41, 5.74) is 0. The smallest absolute Gasteiger partial charge is 0.407 e. The molecule has 0 rings (SSSR count). The Kier molecular flexibility index (Phi) is 5.44. The lowest BCUT2D eigenvalue weighted by Gasteiger charge is -2.13. The molecule has 0 saturated carbocycles. The summed E-state index contributed by atoms with van der Waals surface area (Å²) in [6.45, 7) is -1.23. The van der Waals surface area contributed by atoms with Crippen molar-refractivity contribution in [3.8, 4) is 0 Å². The van der Waals surface area contributed by atoms with Crippen LogP contribution in [0.3, 0.4) is 0 Å². The molecule has 0 fully saturated rings. The van der Waals surface area contributed by atoms with Gasteiger partial charge in [0, 0.05) is 14.1 Å². The first kappa shape index (κ1) is 14.7. The minimum atomic E-state index is -1.35. The first-order valence-electron chi connectivity index (χ1n) is 4.35. The predicted octanol–water partition coefficient (Wildman–Crippen LogP) is -0.724. The van der Waals surface area contributed by atoms with E-state index >= 15 is 0 Å². The summed E-state index contributed by atoms with van der Waals surface area (Å²) in [6, 6.07) is 0. The molecule has 0 aromatic rings. The zero-order valence-electron chi connectivity index (χ0n) is 9.24. The minimum absolute atomic E-state index is 0.613. The minimum Gasteiger partial charge on any atom is -0.465 e. The van der Waals surface area contributed by atoms with Crippen LogP contribution < -0.4 is 0 Å². The van der Waals surface area contributed by atoms with Gasteiger partial charge in [-0.2, -0.15) is 0 Å². The molecule has 0 heterocycles. The second-order valence-corrected chi connectivity index (χ2v) is 3.12. The summed E-state index contributed by atoms with van der Waals surface area (Å²) in [4.78, 5) is 43.9. The molecule has 0 saturated heterocycles. The second kappa shape index (κ2) is 6.30. The lowest BCUT2D eigenvalue weighted by atomic mass is 10.5. The Morgan fingerprint density at radius 1 is 0.882 bits per heavy atom. The SMILES string of the molecule is CN(CC(=O)OC(=O)CN(C)C(=O)O)C(=O)O. The molecule has 2 N–H and O–H groups in total. The molecule has 9 heteroatoms. The van der Waals surface area contributed by atoms with Crippen LogP contribution in [0.2, 0.25) is 0 Å². The fraction of sp³-hybridized carbons (Fsp3) is 0.500. The van der Waals surface area contributed by atoms with Gasteiger partial charge in [-0.25, -0.2) is 19.2 Å². The molecule has 0 aliphatic carbocycles. The van der Waals surface area contributed by atoms with Crippen molar-refractivity contribution in [3.05, 3.63) is 0 Å². The molecule has 0 spiro atoms. The van der Waals surface area contributed by atoms with Gasteiger partial charge in [0.15, 0.2) is 0 Å². The van der Waals surface area contributed by atoms with Gasteiger partial charge in [0.2, 0.25) is 0 Å². The van der Waals surface area contributed by atoms with Crippen LogP contribution in [0.25, 0.3) is 0 Å². The second-order valence-electron chi connectivity index (χ2n) is 3.12. The molecule has 17 heavy (non-hydrogen) atoms. The van der Waals surface area contributed by atoms with E-state index in [1.54, 1.807) is 0 Å². The molecule has 2 amide bonds. The van der Waals surface area contributed by atoms with Crippen LogP contribution in [0.15, 0.2) is 0 Å². The average Bonchev–Trinajstić information content (AvgIpc) is 2.16. The zero-order chi connectivity index (χ0) is 13.6. The van der Waals surface area contributed by atoms with Crippen molar-refractivity contribution in [1.82, 2.24) is 9.80 Å². The number of rotatable bonds is 4. The third-order valence-electron chi connectivity index (χ3n) is 1.61. The van der Waals surface area contributed by atoms with Gasteiger partial charge in [0.1, 0.15) is 13.1 Å². The molecule has 0 atom stereocenters. The van der Waals surface area contributed by atoms with Crippen LogP contribution >= 0.6 is 0 Å². The molecule has 0 bridgehead atoms. The van der Waals surface area contributed by atoms with E-state index in [1.165, 1.54) is 0 Å². The topological polar surface area (TPSA) is 124 Å². The van der Waals surface area contributed by atoms with Crippen LogP contribution in [0.4, 0.5) is 9.59 Å². The van der Waals surface area contributed by atoms with Gasteiger partial charge in [0.25, 0.3) is 0 Å². The zero-order valence-corrected chi connectivity index (χ0v) is 9.24. The van der Waals surface area contributed by atoms with Crippen molar-refractivity contribution in [2.24, 2.45) is 0 Å². The van der Waals surface area contributed by atoms with E-state index < -0.39 is 37.2 Å². The molecule has 96 valence electrons. The Morgan fingerprint density at radius 3 is 1.41 bits per heavy atom. The first-order valence-corrected chi connectivity index (χ1v) is 4.35. The van der Waals surface area contributed by atoms with Crippen molar-refractivity contribution >= 4 is 24.1 Å². The Balaban J connectivity index is 4.09. The number of ether oxygens (including phenoxy) is 1. The molecule has 0 aliphatic rings. The molecule has 0 unspecified atom stereocenters. The summed E-state index contributed by atoms with van der Waals surface area (Å²) in [7, 11) is 2.24. The van der Waals surface area contributed by atoms with Crippen LogP contribution in [0.5, 0.6) is 0 Å².